The van der Waals surface area contributed by atoms with Crippen LogP contribution < -0.4 is 16.8 Å². The zero-order valence-corrected chi connectivity index (χ0v) is 10.8. The van der Waals surface area contributed by atoms with Gasteiger partial charge in [-0.3, -0.25) is 4.79 Å². The van der Waals surface area contributed by atoms with Gasteiger partial charge in [-0.05, 0) is 30.3 Å². The maximum absolute atomic E-state index is 13.7. The monoisotopic (exact) mass is 297 g/mol. The molecule has 0 atom stereocenters. The number of nitrogen functional groups attached to an aromatic ring is 2. The Morgan fingerprint density at radius 1 is 1.15 bits per heavy atom. The van der Waals surface area contributed by atoms with Crippen LogP contribution in [-0.4, -0.2) is 5.91 Å². The third-order valence-electron chi connectivity index (χ3n) is 2.61. The van der Waals surface area contributed by atoms with Gasteiger partial charge in [-0.15, -0.1) is 0 Å². The lowest BCUT2D eigenvalue weighted by atomic mass is 10.1. The second-order valence-corrected chi connectivity index (χ2v) is 4.42. The molecule has 4 nitrogen and oxygen atoms in total. The summed E-state index contributed by atoms with van der Waals surface area (Å²) in [6, 6.07) is 6.34. The number of halogens is 3. The Kier molecular flexibility index (Phi) is 3.76. The summed E-state index contributed by atoms with van der Waals surface area (Å²) < 4.78 is 26.7. The van der Waals surface area contributed by atoms with Crippen LogP contribution >= 0.6 is 11.6 Å². The minimum absolute atomic E-state index is 0.0777. The van der Waals surface area contributed by atoms with Crippen LogP contribution in [0.4, 0.5) is 25.8 Å². The highest BCUT2D eigenvalue weighted by Gasteiger charge is 2.16. The summed E-state index contributed by atoms with van der Waals surface area (Å²) in [6.07, 6.45) is 0. The van der Waals surface area contributed by atoms with E-state index in [1.165, 1.54) is 18.2 Å². The van der Waals surface area contributed by atoms with Crippen molar-refractivity contribution in [3.8, 4) is 0 Å². The third-order valence-corrected chi connectivity index (χ3v) is 2.94. The molecule has 0 aliphatic carbocycles. The van der Waals surface area contributed by atoms with Crippen LogP contribution in [0.25, 0.3) is 0 Å². The Hall–Kier alpha value is -2.34. The van der Waals surface area contributed by atoms with E-state index in [2.05, 4.69) is 5.32 Å². The minimum atomic E-state index is -1.04. The van der Waals surface area contributed by atoms with Gasteiger partial charge in [0.15, 0.2) is 5.82 Å². The average Bonchev–Trinajstić information content (AvgIpc) is 2.42. The van der Waals surface area contributed by atoms with Crippen LogP contribution in [0.5, 0.6) is 0 Å². The van der Waals surface area contributed by atoms with Crippen LogP contribution in [0, 0.1) is 11.6 Å². The molecule has 1 amide bonds. The van der Waals surface area contributed by atoms with E-state index in [9.17, 15) is 13.6 Å². The number of carbonyl (C=O) groups excluding carboxylic acids is 1. The molecule has 104 valence electrons. The van der Waals surface area contributed by atoms with Crippen molar-refractivity contribution in [2.75, 3.05) is 16.8 Å². The fourth-order valence-corrected chi connectivity index (χ4v) is 1.78. The van der Waals surface area contributed by atoms with Gasteiger partial charge in [-0.1, -0.05) is 11.6 Å². The molecule has 0 saturated carbocycles. The van der Waals surface area contributed by atoms with Crippen LogP contribution in [0.1, 0.15) is 10.4 Å². The predicted octanol–water partition coefficient (Wildman–Crippen LogP) is 3.03. The van der Waals surface area contributed by atoms with Crippen LogP contribution in [-0.2, 0) is 0 Å². The Labute approximate surface area is 118 Å². The van der Waals surface area contributed by atoms with E-state index in [1.807, 2.05) is 0 Å². The summed E-state index contributed by atoms with van der Waals surface area (Å²) in [7, 11) is 0. The first-order valence-electron chi connectivity index (χ1n) is 5.50. The van der Waals surface area contributed by atoms with Crippen molar-refractivity contribution < 1.29 is 13.6 Å². The van der Waals surface area contributed by atoms with Gasteiger partial charge >= 0.3 is 0 Å². The molecule has 0 unspecified atom stereocenters. The Morgan fingerprint density at radius 2 is 1.85 bits per heavy atom. The number of nitrogens with two attached hydrogens (primary N) is 2. The number of anilines is 3. The second kappa shape index (κ2) is 5.34. The topological polar surface area (TPSA) is 81.1 Å². The first-order chi connectivity index (χ1) is 9.40. The van der Waals surface area contributed by atoms with Crippen molar-refractivity contribution in [1.82, 2.24) is 0 Å². The molecule has 0 bridgehead atoms. The number of rotatable bonds is 2. The molecule has 0 fully saturated rings. The minimum Gasteiger partial charge on any atom is -0.399 e. The SMILES string of the molecule is Nc1ccc(Cl)c(C(=O)Nc2ccc(F)c(N)c2F)c1. The summed E-state index contributed by atoms with van der Waals surface area (Å²) in [6.45, 7) is 0. The van der Waals surface area contributed by atoms with Crippen molar-refractivity contribution >= 4 is 34.6 Å². The molecule has 0 spiro atoms. The second-order valence-electron chi connectivity index (χ2n) is 4.02. The van der Waals surface area contributed by atoms with Gasteiger partial charge < -0.3 is 16.8 Å². The molecule has 20 heavy (non-hydrogen) atoms. The predicted molar refractivity (Wildman–Crippen MR) is 74.6 cm³/mol. The number of hydrogen-bond donors (Lipinski definition) is 3. The normalized spacial score (nSPS) is 10.3. The molecule has 2 rings (SSSR count). The molecular weight excluding hydrogens is 288 g/mol. The van der Waals surface area contributed by atoms with Gasteiger partial charge in [0.05, 0.1) is 16.3 Å². The number of amides is 1. The van der Waals surface area contributed by atoms with Gasteiger partial charge in [-0.2, -0.15) is 0 Å². The molecule has 2 aromatic carbocycles. The number of nitrogens with one attached hydrogen (secondary N) is 1. The Morgan fingerprint density at radius 3 is 2.55 bits per heavy atom. The molecule has 0 heterocycles. The summed E-state index contributed by atoms with van der Waals surface area (Å²) >= 11 is 5.86. The Bertz CT molecular complexity index is 692. The van der Waals surface area contributed by atoms with Crippen molar-refractivity contribution in [1.29, 1.82) is 0 Å². The highest BCUT2D eigenvalue weighted by atomic mass is 35.5. The average molecular weight is 298 g/mol. The van der Waals surface area contributed by atoms with Gasteiger partial charge in [0.25, 0.3) is 5.91 Å². The number of benzene rings is 2. The maximum atomic E-state index is 13.7. The molecule has 0 saturated heterocycles. The maximum Gasteiger partial charge on any atom is 0.257 e. The van der Waals surface area contributed by atoms with Crippen LogP contribution in [0.3, 0.4) is 0 Å². The zero-order valence-electron chi connectivity index (χ0n) is 10.1. The van der Waals surface area contributed by atoms with Crippen LogP contribution in [0.15, 0.2) is 30.3 Å². The smallest absolute Gasteiger partial charge is 0.257 e. The fourth-order valence-electron chi connectivity index (χ4n) is 1.57. The van der Waals surface area contributed by atoms with E-state index in [0.29, 0.717) is 5.69 Å². The standard InChI is InChI=1S/C13H10ClF2N3O/c14-8-2-1-6(17)5-7(8)13(20)19-10-4-3-9(15)12(18)11(10)16/h1-5H,17-18H2,(H,19,20). The quantitative estimate of drug-likeness (QED) is 0.745. The van der Waals surface area contributed by atoms with Gasteiger partial charge in [0.2, 0.25) is 0 Å². The molecule has 0 aliphatic heterocycles. The lowest BCUT2D eigenvalue weighted by Gasteiger charge is -2.10. The van der Waals surface area contributed by atoms with Crippen LogP contribution in [0.2, 0.25) is 5.02 Å². The Balaban J connectivity index is 2.33. The highest BCUT2D eigenvalue weighted by Crippen LogP contribution is 2.25. The molecule has 5 N–H and O–H groups in total. The van der Waals surface area contributed by atoms with E-state index in [-0.39, 0.29) is 16.3 Å². The molecule has 2 aromatic rings. The summed E-state index contributed by atoms with van der Waals surface area (Å²) in [5.41, 5.74) is 10.3. The van der Waals surface area contributed by atoms with Crippen molar-refractivity contribution in [3.05, 3.63) is 52.6 Å². The van der Waals surface area contributed by atoms with Gasteiger partial charge in [0, 0.05) is 5.69 Å². The van der Waals surface area contributed by atoms with Crippen molar-refractivity contribution in [3.63, 3.8) is 0 Å². The molecule has 7 heteroatoms. The highest BCUT2D eigenvalue weighted by molar-refractivity contribution is 6.34. The van der Waals surface area contributed by atoms with E-state index in [4.69, 9.17) is 23.1 Å². The van der Waals surface area contributed by atoms with E-state index < -0.39 is 23.2 Å². The fraction of sp³-hybridized carbons (Fsp3) is 0. The van der Waals surface area contributed by atoms with Gasteiger partial charge in [0.1, 0.15) is 11.5 Å². The third kappa shape index (κ3) is 2.65. The van der Waals surface area contributed by atoms with Crippen molar-refractivity contribution in [2.24, 2.45) is 0 Å². The number of carbonyl (C=O) groups is 1. The summed E-state index contributed by atoms with van der Waals surface area (Å²) in [5.74, 6) is -2.62. The first-order valence-corrected chi connectivity index (χ1v) is 5.88. The largest absolute Gasteiger partial charge is 0.399 e. The lowest BCUT2D eigenvalue weighted by molar-refractivity contribution is 0.102. The van der Waals surface area contributed by atoms with E-state index >= 15 is 0 Å². The lowest BCUT2D eigenvalue weighted by Crippen LogP contribution is -2.14. The van der Waals surface area contributed by atoms with E-state index in [0.717, 1.165) is 12.1 Å². The molecule has 0 aliphatic rings. The number of hydrogen-bond acceptors (Lipinski definition) is 3. The summed E-state index contributed by atoms with van der Waals surface area (Å²) in [4.78, 5) is 12.0. The van der Waals surface area contributed by atoms with Crippen molar-refractivity contribution in [2.45, 2.75) is 0 Å². The first kappa shape index (κ1) is 14.1. The summed E-state index contributed by atoms with van der Waals surface area (Å²) in [5, 5.41) is 2.42. The zero-order chi connectivity index (χ0) is 14.9. The molecular formula is C13H10ClF2N3O. The molecule has 0 radical (unpaired) electrons. The molecule has 0 aromatic heterocycles. The van der Waals surface area contributed by atoms with Gasteiger partial charge in [-0.25, -0.2) is 8.78 Å². The van der Waals surface area contributed by atoms with E-state index in [1.54, 1.807) is 0 Å².